The van der Waals surface area contributed by atoms with Crippen LogP contribution in [-0.4, -0.2) is 5.11 Å². The van der Waals surface area contributed by atoms with Gasteiger partial charge in [-0.1, -0.05) is 0 Å². The molecule has 1 rings (SSSR count). The molecular formula is C6H8BrOP. The third-order valence-corrected chi connectivity index (χ3v) is 1.41. The van der Waals surface area contributed by atoms with Crippen LogP contribution in [0.1, 0.15) is 0 Å². The van der Waals surface area contributed by atoms with Crippen molar-refractivity contribution in [1.82, 2.24) is 0 Å². The van der Waals surface area contributed by atoms with Crippen molar-refractivity contribution in [2.45, 2.75) is 0 Å². The molecule has 1 aromatic rings. The lowest BCUT2D eigenvalue weighted by Crippen LogP contribution is -3.00. The standard InChI is InChI=1S/C6H7OP.BrH/c7-5-1-3-6(8)4-2-5;/h1-4,7H,8H2;1H. The second kappa shape index (κ2) is 3.86. The Kier molecular flexibility index (Phi) is 3.83. The van der Waals surface area contributed by atoms with E-state index in [9.17, 15) is 0 Å². The van der Waals surface area contributed by atoms with Gasteiger partial charge in [-0.05, 0) is 24.3 Å². The summed E-state index contributed by atoms with van der Waals surface area (Å²) in [5, 5.41) is 9.96. The molecule has 1 atom stereocenters. The van der Waals surface area contributed by atoms with E-state index in [-0.39, 0.29) is 17.0 Å². The summed E-state index contributed by atoms with van der Waals surface area (Å²) in [6, 6.07) is 7.13. The van der Waals surface area contributed by atoms with Gasteiger partial charge in [0.05, 0.1) is 5.30 Å². The molecule has 0 aliphatic carbocycles. The fourth-order valence-corrected chi connectivity index (χ4v) is 0.732. The molecule has 0 spiro atoms. The minimum absolute atomic E-state index is 0. The molecule has 1 aromatic carbocycles. The maximum absolute atomic E-state index is 8.76. The molecule has 1 nitrogen and oxygen atoms in total. The molecule has 1 N–H and O–H groups in total. The number of phenolic OH excluding ortho intramolecular Hbond substituents is 1. The molecular weight excluding hydrogens is 199 g/mol. The van der Waals surface area contributed by atoms with E-state index in [1.165, 1.54) is 5.30 Å². The monoisotopic (exact) mass is 206 g/mol. The predicted octanol–water partition coefficient (Wildman–Crippen LogP) is -2.37. The van der Waals surface area contributed by atoms with Crippen molar-refractivity contribution < 1.29 is 22.1 Å². The molecule has 3 heteroatoms. The first-order valence-electron chi connectivity index (χ1n) is 2.40. The summed E-state index contributed by atoms with van der Waals surface area (Å²) in [4.78, 5) is 0. The van der Waals surface area contributed by atoms with Gasteiger partial charge >= 0.3 is 0 Å². The number of rotatable bonds is 0. The Balaban J connectivity index is 0.000000640. The summed E-state index contributed by atoms with van der Waals surface area (Å²) < 4.78 is 0. The highest BCUT2D eigenvalue weighted by Crippen LogP contribution is 2.03. The Morgan fingerprint density at radius 3 is 1.89 bits per heavy atom. The van der Waals surface area contributed by atoms with E-state index in [0.717, 1.165) is 0 Å². The fraction of sp³-hybridized carbons (Fsp3) is 0. The van der Waals surface area contributed by atoms with Crippen LogP contribution in [0.4, 0.5) is 0 Å². The van der Waals surface area contributed by atoms with Crippen molar-refractivity contribution in [3.05, 3.63) is 24.3 Å². The van der Waals surface area contributed by atoms with Crippen LogP contribution in [0.2, 0.25) is 0 Å². The first-order valence-corrected chi connectivity index (χ1v) is 3.11. The van der Waals surface area contributed by atoms with Crippen molar-refractivity contribution in [1.29, 1.82) is 0 Å². The van der Waals surface area contributed by atoms with Crippen LogP contribution in [0, 0.1) is 0 Å². The number of phenols is 1. The van der Waals surface area contributed by atoms with Crippen molar-refractivity contribution in [2.75, 3.05) is 0 Å². The Hall–Kier alpha value is -0.0700. The van der Waals surface area contributed by atoms with Gasteiger partial charge in [-0.3, -0.25) is 0 Å². The van der Waals surface area contributed by atoms with Crippen molar-refractivity contribution >= 4 is 14.5 Å². The van der Waals surface area contributed by atoms with E-state index >= 15 is 0 Å². The topological polar surface area (TPSA) is 20.2 Å². The molecule has 0 saturated carbocycles. The van der Waals surface area contributed by atoms with E-state index in [1.807, 2.05) is 12.1 Å². The number of halogens is 1. The van der Waals surface area contributed by atoms with Crippen molar-refractivity contribution in [3.63, 3.8) is 0 Å². The van der Waals surface area contributed by atoms with Crippen molar-refractivity contribution in [3.8, 4) is 5.75 Å². The summed E-state index contributed by atoms with van der Waals surface area (Å²) in [5.74, 6) is 0.334. The number of hydrogen-bond donors (Lipinski definition) is 1. The summed E-state index contributed by atoms with van der Waals surface area (Å²) in [7, 11) is 1.80. The lowest BCUT2D eigenvalue weighted by molar-refractivity contribution is -0.00000255. The zero-order valence-electron chi connectivity index (χ0n) is 4.84. The molecule has 9 heavy (non-hydrogen) atoms. The minimum Gasteiger partial charge on any atom is -1.00 e. The van der Waals surface area contributed by atoms with Gasteiger partial charge in [-0.2, -0.15) is 0 Å². The maximum Gasteiger partial charge on any atom is 0.115 e. The Morgan fingerprint density at radius 2 is 1.56 bits per heavy atom. The Morgan fingerprint density at radius 1 is 1.11 bits per heavy atom. The number of hydrogen-bond acceptors (Lipinski definition) is 1. The zero-order chi connectivity index (χ0) is 5.98. The smallest absolute Gasteiger partial charge is 0.115 e. The van der Waals surface area contributed by atoms with E-state index in [2.05, 4.69) is 0 Å². The summed E-state index contributed by atoms with van der Waals surface area (Å²) in [6.07, 6.45) is 0. The first-order chi connectivity index (χ1) is 3.79. The van der Waals surface area contributed by atoms with Gasteiger partial charge in [0.2, 0.25) is 0 Å². The van der Waals surface area contributed by atoms with Crippen LogP contribution >= 0.6 is 9.24 Å². The molecule has 0 saturated heterocycles. The molecule has 0 bridgehead atoms. The predicted molar refractivity (Wildman–Crippen MR) is 38.8 cm³/mol. The van der Waals surface area contributed by atoms with E-state index in [1.54, 1.807) is 21.4 Å². The first kappa shape index (κ1) is 8.93. The third-order valence-electron chi connectivity index (χ3n) is 0.936. The summed E-state index contributed by atoms with van der Waals surface area (Å²) in [6.45, 7) is 0. The molecule has 0 amide bonds. The highest BCUT2D eigenvalue weighted by atomic mass is 79.9. The highest BCUT2D eigenvalue weighted by molar-refractivity contribution is 7.27. The van der Waals surface area contributed by atoms with Gasteiger partial charge in [-0.25, -0.2) is 0 Å². The van der Waals surface area contributed by atoms with Gasteiger partial charge in [0.1, 0.15) is 5.75 Å². The molecule has 1 unspecified atom stereocenters. The molecule has 0 aliphatic heterocycles. The lowest BCUT2D eigenvalue weighted by Gasteiger charge is -1.85. The van der Waals surface area contributed by atoms with E-state index in [4.69, 9.17) is 5.11 Å². The molecule has 50 valence electrons. The SMILES string of the molecule is Oc1ccc([PH3+])cc1.[Br-]. The van der Waals surface area contributed by atoms with E-state index in [0.29, 0.717) is 5.75 Å². The second-order valence-electron chi connectivity index (χ2n) is 1.67. The normalized spacial score (nSPS) is 8.44. The van der Waals surface area contributed by atoms with E-state index < -0.39 is 0 Å². The van der Waals surface area contributed by atoms with Crippen LogP contribution in [0.25, 0.3) is 0 Å². The Labute approximate surface area is 67.1 Å². The summed E-state index contributed by atoms with van der Waals surface area (Å²) in [5.41, 5.74) is 0. The van der Waals surface area contributed by atoms with Gasteiger partial charge in [0.15, 0.2) is 0 Å². The molecule has 0 radical (unpaired) electrons. The largest absolute Gasteiger partial charge is 1.00 e. The number of benzene rings is 1. The van der Waals surface area contributed by atoms with Crippen LogP contribution in [0.3, 0.4) is 0 Å². The average molecular weight is 207 g/mol. The van der Waals surface area contributed by atoms with Crippen LogP contribution in [0.15, 0.2) is 24.3 Å². The minimum atomic E-state index is 0. The van der Waals surface area contributed by atoms with Crippen LogP contribution in [-0.2, 0) is 0 Å². The Bertz CT molecular complexity index is 152. The zero-order valence-corrected chi connectivity index (χ0v) is 7.84. The molecule has 0 aliphatic rings. The van der Waals surface area contributed by atoms with Gasteiger partial charge in [0, 0.05) is 9.24 Å². The van der Waals surface area contributed by atoms with Crippen LogP contribution < -0.4 is 22.3 Å². The fourth-order valence-electron chi connectivity index (χ4n) is 0.496. The van der Waals surface area contributed by atoms with Gasteiger partial charge in [-0.15, -0.1) is 0 Å². The maximum atomic E-state index is 8.76. The number of aromatic hydroxyl groups is 1. The highest BCUT2D eigenvalue weighted by Gasteiger charge is 1.86. The molecule has 0 aromatic heterocycles. The lowest BCUT2D eigenvalue weighted by atomic mass is 10.3. The third kappa shape index (κ3) is 2.83. The van der Waals surface area contributed by atoms with Gasteiger partial charge in [0.25, 0.3) is 0 Å². The quantitative estimate of drug-likeness (QED) is 0.471. The molecule has 0 fully saturated rings. The summed E-state index contributed by atoms with van der Waals surface area (Å²) >= 11 is 0. The van der Waals surface area contributed by atoms with Crippen molar-refractivity contribution in [2.24, 2.45) is 0 Å². The van der Waals surface area contributed by atoms with Crippen LogP contribution in [0.5, 0.6) is 5.75 Å². The average Bonchev–Trinajstić information content (AvgIpc) is 1.77. The van der Waals surface area contributed by atoms with Gasteiger partial charge < -0.3 is 22.1 Å². The molecule has 0 heterocycles. The second-order valence-corrected chi connectivity index (χ2v) is 2.48.